The normalized spacial score (nSPS) is 14.4. The zero-order valence-corrected chi connectivity index (χ0v) is 18.6. The van der Waals surface area contributed by atoms with E-state index in [0.29, 0.717) is 37.7 Å². The van der Waals surface area contributed by atoms with Gasteiger partial charge in [-0.2, -0.15) is 17.0 Å². The van der Waals surface area contributed by atoms with Crippen molar-refractivity contribution in [1.29, 1.82) is 5.26 Å². The molecule has 4 amide bonds. The number of urea groups is 1. The maximum absolute atomic E-state index is 12.8. The van der Waals surface area contributed by atoms with E-state index in [2.05, 4.69) is 5.32 Å². The Morgan fingerprint density at radius 2 is 1.81 bits per heavy atom. The molecule has 0 aliphatic carbocycles. The van der Waals surface area contributed by atoms with Gasteiger partial charge in [0.2, 0.25) is 0 Å². The number of thioether (sulfide) groups is 1. The van der Waals surface area contributed by atoms with Gasteiger partial charge in [0.1, 0.15) is 6.04 Å². The van der Waals surface area contributed by atoms with Gasteiger partial charge >= 0.3 is 6.03 Å². The van der Waals surface area contributed by atoms with Crippen LogP contribution in [0.5, 0.6) is 0 Å². The van der Waals surface area contributed by atoms with E-state index in [-0.39, 0.29) is 17.7 Å². The maximum Gasteiger partial charge on any atom is 0.318 e. The number of carbonyl (C=O) groups is 3. The van der Waals surface area contributed by atoms with Crippen LogP contribution in [0.4, 0.5) is 4.79 Å². The summed E-state index contributed by atoms with van der Waals surface area (Å²) in [5, 5.41) is 11.8. The topological polar surface area (TPSA) is 110 Å². The number of carbonyl (C=O) groups excluding carboxylic acids is 3. The summed E-state index contributed by atoms with van der Waals surface area (Å²) in [5.41, 5.74) is 1.11. The molecule has 0 bridgehead atoms. The van der Waals surface area contributed by atoms with Gasteiger partial charge in [0, 0.05) is 44.7 Å². The van der Waals surface area contributed by atoms with Crippen molar-refractivity contribution in [1.82, 2.24) is 20.0 Å². The number of amides is 4. The Kier molecular flexibility index (Phi) is 8.16. The number of nitrogens with zero attached hydrogens (tertiary/aromatic N) is 4. The maximum atomic E-state index is 12.8. The monoisotopic (exact) mass is 455 g/mol. The van der Waals surface area contributed by atoms with Gasteiger partial charge in [-0.1, -0.05) is 30.3 Å². The SMILES string of the molecule is CN(C#N)C(=O)[C@H](CSCc1ccccc1)NC(=O)N1CCN(C(=O)c2ccco2)CC1. The van der Waals surface area contributed by atoms with Crippen molar-refractivity contribution in [2.24, 2.45) is 0 Å². The fourth-order valence-electron chi connectivity index (χ4n) is 3.24. The molecule has 9 nitrogen and oxygen atoms in total. The average Bonchev–Trinajstić information content (AvgIpc) is 3.37. The number of hydrogen-bond acceptors (Lipinski definition) is 6. The third kappa shape index (κ3) is 6.04. The molecular weight excluding hydrogens is 430 g/mol. The molecule has 1 saturated heterocycles. The lowest BCUT2D eigenvalue weighted by molar-refractivity contribution is -0.128. The number of rotatable bonds is 7. The highest BCUT2D eigenvalue weighted by Gasteiger charge is 2.29. The molecular formula is C22H25N5O4S. The van der Waals surface area contributed by atoms with Crippen LogP contribution in [0, 0.1) is 11.5 Å². The van der Waals surface area contributed by atoms with Crippen LogP contribution in [0.25, 0.3) is 0 Å². The molecule has 0 spiro atoms. The first-order valence-corrected chi connectivity index (χ1v) is 11.3. The van der Waals surface area contributed by atoms with Gasteiger partial charge in [0.05, 0.1) is 6.26 Å². The van der Waals surface area contributed by atoms with Crippen molar-refractivity contribution in [3.8, 4) is 6.19 Å². The molecule has 1 aromatic carbocycles. The van der Waals surface area contributed by atoms with Gasteiger partial charge in [-0.05, 0) is 17.7 Å². The third-order valence-corrected chi connectivity index (χ3v) is 6.17. The molecule has 1 N–H and O–H groups in total. The van der Waals surface area contributed by atoms with Crippen LogP contribution in [0.2, 0.25) is 0 Å². The van der Waals surface area contributed by atoms with Crippen molar-refractivity contribution >= 4 is 29.6 Å². The second-order valence-electron chi connectivity index (χ2n) is 7.26. The Labute approximate surface area is 190 Å². The van der Waals surface area contributed by atoms with Gasteiger partial charge in [-0.3, -0.25) is 14.5 Å². The molecule has 1 aliphatic rings. The third-order valence-electron chi connectivity index (χ3n) is 5.06. The number of furan rings is 1. The fraction of sp³-hybridized carbons (Fsp3) is 0.364. The Balaban J connectivity index is 1.54. The van der Waals surface area contributed by atoms with Crippen molar-refractivity contribution in [3.05, 3.63) is 60.1 Å². The Morgan fingerprint density at radius 3 is 2.44 bits per heavy atom. The van der Waals surface area contributed by atoms with E-state index < -0.39 is 11.9 Å². The fourth-order valence-corrected chi connectivity index (χ4v) is 4.24. The zero-order valence-electron chi connectivity index (χ0n) is 17.8. The lowest BCUT2D eigenvalue weighted by Crippen LogP contribution is -2.57. The lowest BCUT2D eigenvalue weighted by Gasteiger charge is -2.35. The van der Waals surface area contributed by atoms with Crippen LogP contribution in [0.15, 0.2) is 53.1 Å². The van der Waals surface area contributed by atoms with Gasteiger partial charge in [-0.15, -0.1) is 0 Å². The van der Waals surface area contributed by atoms with E-state index in [1.807, 2.05) is 30.3 Å². The molecule has 0 unspecified atom stereocenters. The molecule has 2 aromatic rings. The second kappa shape index (κ2) is 11.2. The summed E-state index contributed by atoms with van der Waals surface area (Å²) >= 11 is 1.51. The minimum absolute atomic E-state index is 0.212. The van der Waals surface area contributed by atoms with Crippen molar-refractivity contribution in [2.75, 3.05) is 39.0 Å². The first kappa shape index (κ1) is 23.2. The Morgan fingerprint density at radius 1 is 1.12 bits per heavy atom. The minimum Gasteiger partial charge on any atom is -0.459 e. The first-order chi connectivity index (χ1) is 15.5. The number of benzene rings is 1. The summed E-state index contributed by atoms with van der Waals surface area (Å²) in [6.07, 6.45) is 3.24. The van der Waals surface area contributed by atoms with Gasteiger partial charge in [0.25, 0.3) is 11.8 Å². The summed E-state index contributed by atoms with van der Waals surface area (Å²) in [6, 6.07) is 11.9. The second-order valence-corrected chi connectivity index (χ2v) is 8.29. The Hall–Kier alpha value is -3.45. The number of piperazine rings is 1. The molecule has 32 heavy (non-hydrogen) atoms. The van der Waals surface area contributed by atoms with Gasteiger partial charge < -0.3 is 19.5 Å². The van der Waals surface area contributed by atoms with Crippen LogP contribution in [0.3, 0.4) is 0 Å². The van der Waals surface area contributed by atoms with Gasteiger partial charge in [0.15, 0.2) is 12.0 Å². The number of nitrogens with one attached hydrogen (secondary N) is 1. The molecule has 3 rings (SSSR count). The quantitative estimate of drug-likeness (QED) is 0.505. The van der Waals surface area contributed by atoms with E-state index >= 15 is 0 Å². The summed E-state index contributed by atoms with van der Waals surface area (Å²) in [6.45, 7) is 1.41. The predicted molar refractivity (Wildman–Crippen MR) is 119 cm³/mol. The summed E-state index contributed by atoms with van der Waals surface area (Å²) < 4.78 is 5.15. The van der Waals surface area contributed by atoms with Crippen LogP contribution < -0.4 is 5.32 Å². The highest BCUT2D eigenvalue weighted by molar-refractivity contribution is 7.98. The van der Waals surface area contributed by atoms with Crippen LogP contribution in [-0.4, -0.2) is 77.6 Å². The molecule has 1 atom stereocenters. The molecule has 1 aliphatic heterocycles. The van der Waals surface area contributed by atoms with Crippen molar-refractivity contribution < 1.29 is 18.8 Å². The van der Waals surface area contributed by atoms with Crippen molar-refractivity contribution in [2.45, 2.75) is 11.8 Å². The lowest BCUT2D eigenvalue weighted by atomic mass is 10.2. The molecule has 0 radical (unpaired) electrons. The smallest absolute Gasteiger partial charge is 0.318 e. The standard InChI is InChI=1S/C22H25N5O4S/c1-25(16-23)20(28)18(15-32-14-17-6-3-2-4-7-17)24-22(30)27-11-9-26(10-12-27)21(29)19-8-5-13-31-19/h2-8,13,18H,9-12,14-15H2,1H3,(H,24,30)/t18-/m0/s1. The van der Waals surface area contributed by atoms with E-state index in [0.717, 1.165) is 10.5 Å². The summed E-state index contributed by atoms with van der Waals surface area (Å²) in [4.78, 5) is 41.9. The summed E-state index contributed by atoms with van der Waals surface area (Å²) in [5.74, 6) is 0.611. The number of hydrogen-bond donors (Lipinski definition) is 1. The van der Waals surface area contributed by atoms with E-state index in [9.17, 15) is 14.4 Å². The van der Waals surface area contributed by atoms with Gasteiger partial charge in [-0.25, -0.2) is 4.79 Å². The molecule has 1 fully saturated rings. The molecule has 10 heteroatoms. The van der Waals surface area contributed by atoms with Crippen LogP contribution in [0.1, 0.15) is 16.1 Å². The van der Waals surface area contributed by atoms with E-state index in [4.69, 9.17) is 9.68 Å². The highest BCUT2D eigenvalue weighted by Crippen LogP contribution is 2.15. The average molecular weight is 456 g/mol. The Bertz CT molecular complexity index is 952. The zero-order chi connectivity index (χ0) is 22.9. The number of likely N-dealkylation sites (N-methyl/N-ethyl adjacent to an activating group) is 1. The predicted octanol–water partition coefficient (Wildman–Crippen LogP) is 1.99. The summed E-state index contributed by atoms with van der Waals surface area (Å²) in [7, 11) is 1.38. The van der Waals surface area contributed by atoms with E-state index in [1.54, 1.807) is 28.1 Å². The van der Waals surface area contributed by atoms with Crippen LogP contribution >= 0.6 is 11.8 Å². The van der Waals surface area contributed by atoms with E-state index in [1.165, 1.54) is 25.1 Å². The molecule has 2 heterocycles. The first-order valence-electron chi connectivity index (χ1n) is 10.2. The largest absolute Gasteiger partial charge is 0.459 e. The minimum atomic E-state index is -0.830. The van der Waals surface area contributed by atoms with Crippen LogP contribution in [-0.2, 0) is 10.5 Å². The highest BCUT2D eigenvalue weighted by atomic mass is 32.2. The van der Waals surface area contributed by atoms with Crippen molar-refractivity contribution in [3.63, 3.8) is 0 Å². The molecule has 168 valence electrons. The number of nitriles is 1. The molecule has 1 aromatic heterocycles. The molecule has 0 saturated carbocycles.